The van der Waals surface area contributed by atoms with E-state index < -0.39 is 0 Å². The molecule has 0 saturated heterocycles. The third-order valence-corrected chi connectivity index (χ3v) is 3.18. The summed E-state index contributed by atoms with van der Waals surface area (Å²) in [6.45, 7) is 2.55. The molecule has 0 aliphatic heterocycles. The number of carbonyl (C=O) groups excluding carboxylic acids is 1. The van der Waals surface area contributed by atoms with Crippen molar-refractivity contribution in [3.05, 3.63) is 41.6 Å². The standard InChI is InChI=1S/C15H21N5O/c1-4-5-12-8-11(9-13(16-2)19-12)15(21)20(3)10-14-17-6-7-18-14/h6-9H,4-5,10H2,1-3H3,(H,16,19)(H,17,18). The van der Waals surface area contributed by atoms with Gasteiger partial charge in [0, 0.05) is 37.7 Å². The lowest BCUT2D eigenvalue weighted by Gasteiger charge is -2.17. The maximum absolute atomic E-state index is 12.5. The van der Waals surface area contributed by atoms with Crippen molar-refractivity contribution in [3.63, 3.8) is 0 Å². The third kappa shape index (κ3) is 3.81. The highest BCUT2D eigenvalue weighted by Gasteiger charge is 2.15. The molecular formula is C15H21N5O. The summed E-state index contributed by atoms with van der Waals surface area (Å²) in [4.78, 5) is 25.8. The fraction of sp³-hybridized carbons (Fsp3) is 0.400. The molecule has 2 aromatic rings. The molecule has 0 bridgehead atoms. The summed E-state index contributed by atoms with van der Waals surface area (Å²) in [5.41, 5.74) is 1.57. The summed E-state index contributed by atoms with van der Waals surface area (Å²) in [7, 11) is 3.57. The molecule has 0 unspecified atom stereocenters. The summed E-state index contributed by atoms with van der Waals surface area (Å²) >= 11 is 0. The van der Waals surface area contributed by atoms with Gasteiger partial charge in [-0.25, -0.2) is 9.97 Å². The topological polar surface area (TPSA) is 73.9 Å². The fourth-order valence-corrected chi connectivity index (χ4v) is 2.12. The molecule has 0 aliphatic carbocycles. The van der Waals surface area contributed by atoms with Gasteiger partial charge in [-0.15, -0.1) is 0 Å². The molecule has 0 aromatic carbocycles. The van der Waals surface area contributed by atoms with Crippen LogP contribution in [-0.4, -0.2) is 39.9 Å². The van der Waals surface area contributed by atoms with Gasteiger partial charge in [0.05, 0.1) is 6.54 Å². The first-order chi connectivity index (χ1) is 10.1. The first kappa shape index (κ1) is 15.0. The van der Waals surface area contributed by atoms with Crippen molar-refractivity contribution < 1.29 is 4.79 Å². The Bertz CT molecular complexity index is 594. The summed E-state index contributed by atoms with van der Waals surface area (Å²) in [6, 6.07) is 3.64. The molecule has 2 N–H and O–H groups in total. The fourth-order valence-electron chi connectivity index (χ4n) is 2.12. The van der Waals surface area contributed by atoms with Crippen molar-refractivity contribution in [3.8, 4) is 0 Å². The van der Waals surface area contributed by atoms with Crippen LogP contribution in [0.4, 0.5) is 5.82 Å². The SMILES string of the molecule is CCCc1cc(C(=O)N(C)Cc2ncc[nH]2)cc(NC)n1. The second-order valence-corrected chi connectivity index (χ2v) is 4.93. The number of aromatic nitrogens is 3. The molecule has 2 aromatic heterocycles. The number of nitrogens with zero attached hydrogens (tertiary/aromatic N) is 3. The van der Waals surface area contributed by atoms with Crippen LogP contribution in [-0.2, 0) is 13.0 Å². The van der Waals surface area contributed by atoms with Gasteiger partial charge in [-0.2, -0.15) is 0 Å². The quantitative estimate of drug-likeness (QED) is 0.853. The zero-order chi connectivity index (χ0) is 15.2. The van der Waals surface area contributed by atoms with E-state index in [1.807, 2.05) is 6.07 Å². The van der Waals surface area contributed by atoms with E-state index in [-0.39, 0.29) is 5.91 Å². The molecular weight excluding hydrogens is 266 g/mol. The monoisotopic (exact) mass is 287 g/mol. The highest BCUT2D eigenvalue weighted by atomic mass is 16.2. The van der Waals surface area contributed by atoms with Gasteiger partial charge in [0.25, 0.3) is 5.91 Å². The zero-order valence-electron chi connectivity index (χ0n) is 12.7. The zero-order valence-corrected chi connectivity index (χ0v) is 12.7. The molecule has 0 aliphatic rings. The normalized spacial score (nSPS) is 10.4. The Morgan fingerprint density at radius 2 is 2.24 bits per heavy atom. The smallest absolute Gasteiger partial charge is 0.254 e. The largest absolute Gasteiger partial charge is 0.373 e. The number of rotatable bonds is 6. The van der Waals surface area contributed by atoms with E-state index in [2.05, 4.69) is 27.2 Å². The number of aromatic amines is 1. The summed E-state index contributed by atoms with van der Waals surface area (Å²) in [6.07, 6.45) is 5.28. The van der Waals surface area contributed by atoms with Crippen LogP contribution in [0, 0.1) is 0 Å². The molecule has 1 amide bonds. The van der Waals surface area contributed by atoms with Crippen molar-refractivity contribution in [2.45, 2.75) is 26.3 Å². The van der Waals surface area contributed by atoms with Gasteiger partial charge < -0.3 is 15.2 Å². The van der Waals surface area contributed by atoms with Crippen LogP contribution in [0.2, 0.25) is 0 Å². The van der Waals surface area contributed by atoms with E-state index in [1.165, 1.54) is 0 Å². The van der Waals surface area contributed by atoms with Crippen molar-refractivity contribution in [1.29, 1.82) is 0 Å². The van der Waals surface area contributed by atoms with Gasteiger partial charge in [-0.1, -0.05) is 13.3 Å². The molecule has 0 radical (unpaired) electrons. The average Bonchev–Trinajstić information content (AvgIpc) is 2.99. The van der Waals surface area contributed by atoms with E-state index >= 15 is 0 Å². The van der Waals surface area contributed by atoms with Gasteiger partial charge in [-0.05, 0) is 18.6 Å². The lowest BCUT2D eigenvalue weighted by atomic mass is 10.1. The molecule has 0 atom stereocenters. The van der Waals surface area contributed by atoms with Crippen LogP contribution in [0.3, 0.4) is 0 Å². The van der Waals surface area contributed by atoms with Gasteiger partial charge in [0.2, 0.25) is 0 Å². The third-order valence-electron chi connectivity index (χ3n) is 3.18. The second kappa shape index (κ2) is 6.88. The Morgan fingerprint density at radius 1 is 1.43 bits per heavy atom. The number of anilines is 1. The van der Waals surface area contributed by atoms with Gasteiger partial charge in [0.15, 0.2) is 0 Å². The molecule has 6 heteroatoms. The van der Waals surface area contributed by atoms with Crippen LogP contribution >= 0.6 is 0 Å². The summed E-state index contributed by atoms with van der Waals surface area (Å²) in [5, 5.41) is 3.01. The lowest BCUT2D eigenvalue weighted by molar-refractivity contribution is 0.0781. The van der Waals surface area contributed by atoms with Crippen molar-refractivity contribution >= 4 is 11.7 Å². The molecule has 0 saturated carbocycles. The van der Waals surface area contributed by atoms with Gasteiger partial charge in [-0.3, -0.25) is 4.79 Å². The van der Waals surface area contributed by atoms with Crippen LogP contribution in [0.15, 0.2) is 24.5 Å². The van der Waals surface area contributed by atoms with Crippen molar-refractivity contribution in [2.75, 3.05) is 19.4 Å². The molecule has 6 nitrogen and oxygen atoms in total. The highest BCUT2D eigenvalue weighted by molar-refractivity contribution is 5.94. The first-order valence-corrected chi connectivity index (χ1v) is 7.06. The van der Waals surface area contributed by atoms with E-state index in [4.69, 9.17) is 0 Å². The highest BCUT2D eigenvalue weighted by Crippen LogP contribution is 2.14. The number of imidazole rings is 1. The van der Waals surface area contributed by atoms with Gasteiger partial charge in [0.1, 0.15) is 11.6 Å². The predicted octanol–water partition coefficient (Wildman–Crippen LogP) is 2.07. The number of hydrogen-bond donors (Lipinski definition) is 2. The van der Waals surface area contributed by atoms with E-state index in [9.17, 15) is 4.79 Å². The molecule has 2 rings (SSSR count). The minimum atomic E-state index is -0.0392. The van der Waals surface area contributed by atoms with Crippen LogP contribution < -0.4 is 5.32 Å². The number of carbonyl (C=O) groups is 1. The molecule has 0 fully saturated rings. The number of hydrogen-bond acceptors (Lipinski definition) is 4. The van der Waals surface area contributed by atoms with Crippen LogP contribution in [0.25, 0.3) is 0 Å². The van der Waals surface area contributed by atoms with Crippen LogP contribution in [0.5, 0.6) is 0 Å². The number of H-pyrrole nitrogens is 1. The van der Waals surface area contributed by atoms with E-state index in [0.717, 1.165) is 30.2 Å². The summed E-state index contributed by atoms with van der Waals surface area (Å²) < 4.78 is 0. The number of amides is 1. The minimum absolute atomic E-state index is 0.0392. The number of nitrogens with one attached hydrogen (secondary N) is 2. The Balaban J connectivity index is 2.18. The van der Waals surface area contributed by atoms with Crippen molar-refractivity contribution in [1.82, 2.24) is 19.9 Å². The van der Waals surface area contributed by atoms with E-state index in [0.29, 0.717) is 12.1 Å². The Hall–Kier alpha value is -2.37. The second-order valence-electron chi connectivity index (χ2n) is 4.93. The number of pyridine rings is 1. The molecule has 2 heterocycles. The van der Waals surface area contributed by atoms with E-state index in [1.54, 1.807) is 37.5 Å². The first-order valence-electron chi connectivity index (χ1n) is 7.06. The Morgan fingerprint density at radius 3 is 2.86 bits per heavy atom. The Kier molecular flexibility index (Phi) is 4.92. The lowest BCUT2D eigenvalue weighted by Crippen LogP contribution is -2.27. The van der Waals surface area contributed by atoms with Crippen LogP contribution in [0.1, 0.15) is 35.2 Å². The maximum atomic E-state index is 12.5. The molecule has 21 heavy (non-hydrogen) atoms. The molecule has 112 valence electrons. The van der Waals surface area contributed by atoms with Crippen molar-refractivity contribution in [2.24, 2.45) is 0 Å². The number of aryl methyl sites for hydroxylation is 1. The summed E-state index contributed by atoms with van der Waals surface area (Å²) in [5.74, 6) is 1.45. The average molecular weight is 287 g/mol. The Labute approximate surface area is 124 Å². The minimum Gasteiger partial charge on any atom is -0.373 e. The van der Waals surface area contributed by atoms with Gasteiger partial charge >= 0.3 is 0 Å². The predicted molar refractivity (Wildman–Crippen MR) is 82.2 cm³/mol. The maximum Gasteiger partial charge on any atom is 0.254 e. The molecule has 0 spiro atoms.